The monoisotopic (exact) mass is 393 g/mol. The van der Waals surface area contributed by atoms with Gasteiger partial charge in [0, 0.05) is 25.7 Å². The zero-order chi connectivity index (χ0) is 18.9. The van der Waals surface area contributed by atoms with E-state index in [0.717, 1.165) is 42.0 Å². The van der Waals surface area contributed by atoms with Crippen LogP contribution in [0.5, 0.6) is 0 Å². The number of hydrogen-bond donors (Lipinski definition) is 0. The first kappa shape index (κ1) is 18.0. The van der Waals surface area contributed by atoms with Crippen LogP contribution in [0, 0.1) is 0 Å². The summed E-state index contributed by atoms with van der Waals surface area (Å²) in [5, 5.41) is 14.0. The highest BCUT2D eigenvalue weighted by atomic mass is 32.1. The van der Waals surface area contributed by atoms with E-state index in [9.17, 15) is 13.2 Å². The summed E-state index contributed by atoms with van der Waals surface area (Å²) in [4.78, 5) is 2.09. The summed E-state index contributed by atoms with van der Waals surface area (Å²) in [6.45, 7) is 1.41. The van der Waals surface area contributed by atoms with Crippen LogP contribution < -0.4 is 4.90 Å². The molecule has 142 valence electrons. The van der Waals surface area contributed by atoms with Crippen molar-refractivity contribution in [3.63, 3.8) is 0 Å². The summed E-state index contributed by atoms with van der Waals surface area (Å²) in [6.07, 6.45) is -0.600. The molecule has 1 aromatic carbocycles. The lowest BCUT2D eigenvalue weighted by molar-refractivity contribution is -0.141. The van der Waals surface area contributed by atoms with E-state index in [1.54, 1.807) is 0 Å². The van der Waals surface area contributed by atoms with Gasteiger partial charge < -0.3 is 4.90 Å². The van der Waals surface area contributed by atoms with Gasteiger partial charge in [0.25, 0.3) is 0 Å². The van der Waals surface area contributed by atoms with Crippen molar-refractivity contribution in [1.29, 1.82) is 0 Å². The zero-order valence-corrected chi connectivity index (χ0v) is 15.2. The van der Waals surface area contributed by atoms with Gasteiger partial charge in [0.1, 0.15) is 5.01 Å². The molecule has 1 atom stereocenters. The number of rotatable bonds is 4. The molecule has 1 aliphatic heterocycles. The fraction of sp³-hybridized carbons (Fsp3) is 0.389. The topological polar surface area (TPSA) is 46.8 Å². The number of nitrogens with zero attached hydrogens (tertiary/aromatic N) is 5. The largest absolute Gasteiger partial charge is 0.435 e. The fourth-order valence-corrected chi connectivity index (χ4v) is 4.16. The van der Waals surface area contributed by atoms with E-state index in [-0.39, 0.29) is 6.04 Å². The first-order valence-corrected chi connectivity index (χ1v) is 9.54. The molecule has 0 aliphatic carbocycles. The second kappa shape index (κ2) is 7.30. The van der Waals surface area contributed by atoms with Gasteiger partial charge in [0.05, 0.1) is 6.04 Å². The van der Waals surface area contributed by atoms with Crippen molar-refractivity contribution >= 4 is 16.5 Å². The zero-order valence-electron chi connectivity index (χ0n) is 14.4. The van der Waals surface area contributed by atoms with Crippen molar-refractivity contribution < 1.29 is 13.2 Å². The average molecular weight is 393 g/mol. The number of benzene rings is 1. The van der Waals surface area contributed by atoms with Gasteiger partial charge in [0.15, 0.2) is 5.69 Å². The molecule has 0 saturated carbocycles. The third kappa shape index (κ3) is 4.13. The molecule has 4 rings (SSSR count). The first-order valence-electron chi connectivity index (χ1n) is 8.72. The third-order valence-corrected chi connectivity index (χ3v) is 5.58. The van der Waals surface area contributed by atoms with Crippen LogP contribution in [0.3, 0.4) is 0 Å². The number of aromatic nitrogens is 4. The second-order valence-electron chi connectivity index (χ2n) is 6.56. The van der Waals surface area contributed by atoms with Crippen molar-refractivity contribution in [1.82, 2.24) is 20.0 Å². The van der Waals surface area contributed by atoms with Crippen LogP contribution in [0.1, 0.15) is 35.1 Å². The summed E-state index contributed by atoms with van der Waals surface area (Å²) in [5.41, 5.74) is 0.327. The Morgan fingerprint density at radius 1 is 1.11 bits per heavy atom. The number of piperidine rings is 1. The van der Waals surface area contributed by atoms with E-state index >= 15 is 0 Å². The quantitative estimate of drug-likeness (QED) is 0.667. The molecule has 1 fully saturated rings. The van der Waals surface area contributed by atoms with Gasteiger partial charge in [-0.05, 0) is 24.5 Å². The van der Waals surface area contributed by atoms with Gasteiger partial charge in [-0.2, -0.15) is 18.3 Å². The molecule has 1 unspecified atom stereocenters. The van der Waals surface area contributed by atoms with Crippen LogP contribution in [-0.4, -0.2) is 33.1 Å². The predicted octanol–water partition coefficient (Wildman–Crippen LogP) is 4.19. The summed E-state index contributed by atoms with van der Waals surface area (Å²) >= 11 is 1.53. The van der Waals surface area contributed by atoms with Gasteiger partial charge in [-0.1, -0.05) is 41.7 Å². The Bertz CT molecular complexity index is 890. The van der Waals surface area contributed by atoms with E-state index in [1.807, 2.05) is 30.3 Å². The SMILES string of the molecule is FC(F)(F)c1ccn(C2CCCN(c3nnc(Cc4ccccc4)s3)C2)n1. The number of halogens is 3. The predicted molar refractivity (Wildman–Crippen MR) is 96.9 cm³/mol. The van der Waals surface area contributed by atoms with Gasteiger partial charge in [-0.3, -0.25) is 4.68 Å². The molecule has 0 amide bonds. The lowest BCUT2D eigenvalue weighted by atomic mass is 10.1. The van der Waals surface area contributed by atoms with E-state index < -0.39 is 11.9 Å². The Balaban J connectivity index is 1.45. The minimum atomic E-state index is -4.41. The molecule has 0 bridgehead atoms. The molecule has 0 N–H and O–H groups in total. The lowest BCUT2D eigenvalue weighted by Gasteiger charge is -2.32. The van der Waals surface area contributed by atoms with Crippen molar-refractivity contribution in [2.24, 2.45) is 0 Å². The maximum atomic E-state index is 12.8. The van der Waals surface area contributed by atoms with Gasteiger partial charge in [-0.15, -0.1) is 10.2 Å². The third-order valence-electron chi connectivity index (χ3n) is 4.59. The molecule has 1 saturated heterocycles. The standard InChI is InChI=1S/C18H18F3N5S/c19-18(20,21)15-8-10-26(24-15)14-7-4-9-25(12-14)17-23-22-16(27-17)11-13-5-2-1-3-6-13/h1-3,5-6,8,10,14H,4,7,9,11-12H2. The summed E-state index contributed by atoms with van der Waals surface area (Å²) in [5.74, 6) is 0. The molecule has 2 aromatic heterocycles. The van der Waals surface area contributed by atoms with Crippen LogP contribution in [0.15, 0.2) is 42.6 Å². The number of anilines is 1. The lowest BCUT2D eigenvalue weighted by Crippen LogP contribution is -2.36. The minimum absolute atomic E-state index is 0.101. The number of alkyl halides is 3. The minimum Gasteiger partial charge on any atom is -0.345 e. The normalized spacial score (nSPS) is 18.0. The highest BCUT2D eigenvalue weighted by molar-refractivity contribution is 7.15. The summed E-state index contributed by atoms with van der Waals surface area (Å²) < 4.78 is 39.8. The van der Waals surface area contributed by atoms with Gasteiger partial charge in [-0.25, -0.2) is 0 Å². The van der Waals surface area contributed by atoms with E-state index in [0.29, 0.717) is 6.54 Å². The Morgan fingerprint density at radius 2 is 1.93 bits per heavy atom. The maximum Gasteiger partial charge on any atom is 0.435 e. The Morgan fingerprint density at radius 3 is 2.67 bits per heavy atom. The van der Waals surface area contributed by atoms with E-state index in [4.69, 9.17) is 0 Å². The van der Waals surface area contributed by atoms with Crippen LogP contribution in [0.2, 0.25) is 0 Å². The molecule has 3 aromatic rings. The smallest absolute Gasteiger partial charge is 0.345 e. The molecule has 9 heteroatoms. The van der Waals surface area contributed by atoms with Crippen LogP contribution in [0.25, 0.3) is 0 Å². The molecule has 0 radical (unpaired) electrons. The van der Waals surface area contributed by atoms with Crippen LogP contribution >= 0.6 is 11.3 Å². The molecule has 0 spiro atoms. The highest BCUT2D eigenvalue weighted by Gasteiger charge is 2.34. The van der Waals surface area contributed by atoms with Gasteiger partial charge in [0.2, 0.25) is 5.13 Å². The average Bonchev–Trinajstić information content (AvgIpc) is 3.32. The van der Waals surface area contributed by atoms with Crippen molar-refractivity contribution in [3.05, 3.63) is 58.9 Å². The number of hydrogen-bond acceptors (Lipinski definition) is 5. The van der Waals surface area contributed by atoms with Crippen molar-refractivity contribution in [3.8, 4) is 0 Å². The molecule has 3 heterocycles. The first-order chi connectivity index (χ1) is 13.0. The fourth-order valence-electron chi connectivity index (χ4n) is 3.25. The Labute approximate surface area is 158 Å². The highest BCUT2D eigenvalue weighted by Crippen LogP contribution is 2.31. The maximum absolute atomic E-state index is 12.8. The van der Waals surface area contributed by atoms with Crippen molar-refractivity contribution in [2.45, 2.75) is 31.5 Å². The molecular weight excluding hydrogens is 375 g/mol. The molecular formula is C18H18F3N5S. The molecule has 27 heavy (non-hydrogen) atoms. The van der Waals surface area contributed by atoms with Crippen LogP contribution in [0.4, 0.5) is 18.3 Å². The van der Waals surface area contributed by atoms with Crippen LogP contribution in [-0.2, 0) is 12.6 Å². The Kier molecular flexibility index (Phi) is 4.86. The van der Waals surface area contributed by atoms with E-state index in [2.05, 4.69) is 20.2 Å². The summed E-state index contributed by atoms with van der Waals surface area (Å²) in [7, 11) is 0. The molecule has 5 nitrogen and oxygen atoms in total. The van der Waals surface area contributed by atoms with Gasteiger partial charge >= 0.3 is 6.18 Å². The van der Waals surface area contributed by atoms with E-state index in [1.165, 1.54) is 27.8 Å². The second-order valence-corrected chi connectivity index (χ2v) is 7.60. The summed E-state index contributed by atoms with van der Waals surface area (Å²) in [6, 6.07) is 11.0. The van der Waals surface area contributed by atoms with Crippen molar-refractivity contribution in [2.75, 3.05) is 18.0 Å². The molecule has 1 aliphatic rings. The Hall–Kier alpha value is -2.42.